The highest BCUT2D eigenvalue weighted by Gasteiger charge is 2.44. The quantitative estimate of drug-likeness (QED) is 0.495. The summed E-state index contributed by atoms with van der Waals surface area (Å²) in [7, 11) is 1.31. The van der Waals surface area contributed by atoms with Crippen molar-refractivity contribution in [3.8, 4) is 0 Å². The maximum Gasteiger partial charge on any atom is 0.316 e. The molecule has 7 nitrogen and oxygen atoms in total. The van der Waals surface area contributed by atoms with Gasteiger partial charge in [0, 0.05) is 12.9 Å². The molecular formula is C11H20O7S. The minimum Gasteiger partial charge on any atom is -0.480 e. The van der Waals surface area contributed by atoms with Gasteiger partial charge in [0.15, 0.2) is 6.29 Å². The van der Waals surface area contributed by atoms with Gasteiger partial charge in [-0.05, 0) is 6.42 Å². The first kappa shape index (κ1) is 16.7. The van der Waals surface area contributed by atoms with E-state index in [1.165, 1.54) is 7.11 Å². The van der Waals surface area contributed by atoms with E-state index in [2.05, 4.69) is 0 Å². The van der Waals surface area contributed by atoms with Crippen molar-refractivity contribution in [1.29, 1.82) is 0 Å². The van der Waals surface area contributed by atoms with Gasteiger partial charge in [0.1, 0.15) is 23.6 Å². The highest BCUT2D eigenvalue weighted by molar-refractivity contribution is 8.00. The van der Waals surface area contributed by atoms with Crippen molar-refractivity contribution in [3.05, 3.63) is 0 Å². The third-order valence-corrected chi connectivity index (χ3v) is 4.47. The van der Waals surface area contributed by atoms with E-state index in [0.717, 1.165) is 11.8 Å². The molecule has 0 amide bonds. The lowest BCUT2D eigenvalue weighted by atomic mass is 10.00. The Morgan fingerprint density at radius 2 is 1.95 bits per heavy atom. The number of carbonyl (C=O) groups is 1. The van der Waals surface area contributed by atoms with Crippen molar-refractivity contribution < 1.29 is 34.7 Å². The van der Waals surface area contributed by atoms with Crippen LogP contribution in [0.2, 0.25) is 0 Å². The molecule has 1 aliphatic heterocycles. The lowest BCUT2D eigenvalue weighted by Gasteiger charge is -2.39. The van der Waals surface area contributed by atoms with E-state index in [4.69, 9.17) is 14.6 Å². The van der Waals surface area contributed by atoms with E-state index in [9.17, 15) is 20.1 Å². The molecule has 19 heavy (non-hydrogen) atoms. The van der Waals surface area contributed by atoms with Gasteiger partial charge < -0.3 is 29.9 Å². The monoisotopic (exact) mass is 296 g/mol. The summed E-state index contributed by atoms with van der Waals surface area (Å²) in [6.45, 7) is 1.75. The number of rotatable bonds is 6. The van der Waals surface area contributed by atoms with Crippen LogP contribution < -0.4 is 0 Å². The van der Waals surface area contributed by atoms with E-state index in [1.807, 2.05) is 0 Å². The summed E-state index contributed by atoms with van der Waals surface area (Å²) in [6, 6.07) is 0. The summed E-state index contributed by atoms with van der Waals surface area (Å²) in [5.41, 5.74) is 0. The number of methoxy groups -OCH3 is 1. The van der Waals surface area contributed by atoms with Crippen LogP contribution in [0.3, 0.4) is 0 Å². The van der Waals surface area contributed by atoms with Crippen molar-refractivity contribution in [3.63, 3.8) is 0 Å². The van der Waals surface area contributed by atoms with E-state index in [0.29, 0.717) is 6.42 Å². The van der Waals surface area contributed by atoms with Gasteiger partial charge in [-0.15, -0.1) is 11.8 Å². The van der Waals surface area contributed by atoms with Crippen LogP contribution in [0.4, 0.5) is 0 Å². The molecule has 1 aliphatic rings. The second-order valence-corrected chi connectivity index (χ2v) is 5.55. The Bertz CT molecular complexity index is 299. The Labute approximate surface area is 115 Å². The Kier molecular flexibility index (Phi) is 6.51. The standard InChI is InChI=1S/C11H20O7S/c1-3-6(10(15)16)19-4-5-7(12)8(13)9(14)11(17-2)18-5/h5-9,11-14H,3-4H2,1-2H3,(H,15,16)/t5-,6?,7+,8+,9-,11-/m1/s1. The van der Waals surface area contributed by atoms with Crippen LogP contribution in [0.15, 0.2) is 0 Å². The molecule has 0 spiro atoms. The molecule has 1 unspecified atom stereocenters. The predicted molar refractivity (Wildman–Crippen MR) is 67.9 cm³/mol. The normalized spacial score (nSPS) is 37.0. The van der Waals surface area contributed by atoms with Crippen LogP contribution in [-0.4, -0.2) is 75.2 Å². The molecule has 0 aromatic carbocycles. The molecule has 0 aromatic heterocycles. The molecule has 0 aliphatic carbocycles. The first-order valence-corrected chi connectivity index (χ1v) is 7.04. The highest BCUT2D eigenvalue weighted by Crippen LogP contribution is 2.26. The van der Waals surface area contributed by atoms with Crippen LogP contribution >= 0.6 is 11.8 Å². The Balaban J connectivity index is 2.59. The number of carboxylic acids is 1. The topological polar surface area (TPSA) is 116 Å². The van der Waals surface area contributed by atoms with Gasteiger partial charge in [0.2, 0.25) is 0 Å². The Morgan fingerprint density at radius 1 is 1.32 bits per heavy atom. The maximum atomic E-state index is 10.9. The molecule has 0 aromatic rings. The molecule has 112 valence electrons. The largest absolute Gasteiger partial charge is 0.480 e. The first-order chi connectivity index (χ1) is 8.92. The molecule has 1 fully saturated rings. The van der Waals surface area contributed by atoms with E-state index in [-0.39, 0.29) is 5.75 Å². The smallest absolute Gasteiger partial charge is 0.316 e. The number of ether oxygens (including phenoxy) is 2. The third-order valence-electron chi connectivity index (χ3n) is 3.01. The lowest BCUT2D eigenvalue weighted by Crippen LogP contribution is -2.58. The van der Waals surface area contributed by atoms with Gasteiger partial charge in [-0.2, -0.15) is 0 Å². The molecule has 0 saturated carbocycles. The van der Waals surface area contributed by atoms with Crippen LogP contribution in [0.5, 0.6) is 0 Å². The summed E-state index contributed by atoms with van der Waals surface area (Å²) < 4.78 is 10.2. The molecular weight excluding hydrogens is 276 g/mol. The van der Waals surface area contributed by atoms with Gasteiger partial charge in [-0.1, -0.05) is 6.92 Å². The van der Waals surface area contributed by atoms with E-state index >= 15 is 0 Å². The molecule has 1 heterocycles. The van der Waals surface area contributed by atoms with Crippen molar-refractivity contribution in [2.24, 2.45) is 0 Å². The third kappa shape index (κ3) is 4.04. The Morgan fingerprint density at radius 3 is 2.42 bits per heavy atom. The average molecular weight is 296 g/mol. The number of thioether (sulfide) groups is 1. The number of hydrogen-bond donors (Lipinski definition) is 4. The van der Waals surface area contributed by atoms with Gasteiger partial charge in [0.25, 0.3) is 0 Å². The van der Waals surface area contributed by atoms with Gasteiger partial charge in [-0.3, -0.25) is 4.79 Å². The predicted octanol–water partition coefficient (Wildman–Crippen LogP) is -0.963. The second kappa shape index (κ2) is 7.41. The minimum absolute atomic E-state index is 0.190. The zero-order chi connectivity index (χ0) is 14.6. The molecule has 0 radical (unpaired) electrons. The van der Waals surface area contributed by atoms with E-state index < -0.39 is 41.9 Å². The first-order valence-electron chi connectivity index (χ1n) is 5.99. The number of carboxylic acid groups (broad SMARTS) is 1. The van der Waals surface area contributed by atoms with Crippen molar-refractivity contribution >= 4 is 17.7 Å². The maximum absolute atomic E-state index is 10.9. The van der Waals surface area contributed by atoms with Crippen molar-refractivity contribution in [1.82, 2.24) is 0 Å². The van der Waals surface area contributed by atoms with Gasteiger partial charge in [-0.25, -0.2) is 0 Å². The zero-order valence-electron chi connectivity index (χ0n) is 10.8. The molecule has 1 saturated heterocycles. The lowest BCUT2D eigenvalue weighted by molar-refractivity contribution is -0.284. The summed E-state index contributed by atoms with van der Waals surface area (Å²) >= 11 is 1.12. The highest BCUT2D eigenvalue weighted by atomic mass is 32.2. The molecule has 6 atom stereocenters. The van der Waals surface area contributed by atoms with Gasteiger partial charge in [0.05, 0.1) is 6.10 Å². The summed E-state index contributed by atoms with van der Waals surface area (Å²) in [5, 5.41) is 37.4. The van der Waals surface area contributed by atoms with Crippen molar-refractivity contribution in [2.75, 3.05) is 12.9 Å². The molecule has 1 rings (SSSR count). The zero-order valence-corrected chi connectivity index (χ0v) is 11.6. The number of aliphatic hydroxyl groups excluding tert-OH is 3. The number of hydrogen-bond acceptors (Lipinski definition) is 7. The Hall–Kier alpha value is -0.380. The summed E-state index contributed by atoms with van der Waals surface area (Å²) in [5.74, 6) is -0.739. The summed E-state index contributed by atoms with van der Waals surface area (Å²) in [6.07, 6.45) is -5.37. The van der Waals surface area contributed by atoms with Crippen LogP contribution in [0.1, 0.15) is 13.3 Å². The fourth-order valence-electron chi connectivity index (χ4n) is 1.82. The van der Waals surface area contributed by atoms with Crippen LogP contribution in [-0.2, 0) is 14.3 Å². The molecule has 8 heteroatoms. The van der Waals surface area contributed by atoms with Crippen LogP contribution in [0.25, 0.3) is 0 Å². The van der Waals surface area contributed by atoms with Crippen molar-refractivity contribution in [2.45, 2.75) is 49.3 Å². The molecule has 0 bridgehead atoms. The molecule has 4 N–H and O–H groups in total. The average Bonchev–Trinajstić information content (AvgIpc) is 2.38. The fraction of sp³-hybridized carbons (Fsp3) is 0.909. The van der Waals surface area contributed by atoms with Crippen LogP contribution in [0, 0.1) is 0 Å². The SMILES string of the molecule is CCC(SC[C@H]1O[C@@H](OC)[C@H](O)[C@@H](O)[C@H]1O)C(=O)O. The van der Waals surface area contributed by atoms with E-state index in [1.54, 1.807) is 6.92 Å². The number of aliphatic hydroxyl groups is 3. The summed E-state index contributed by atoms with van der Waals surface area (Å²) in [4.78, 5) is 10.9. The van der Waals surface area contributed by atoms with Gasteiger partial charge >= 0.3 is 5.97 Å². The fourth-order valence-corrected chi connectivity index (χ4v) is 2.90. The minimum atomic E-state index is -1.38. The second-order valence-electron chi connectivity index (χ2n) is 4.32. The number of aliphatic carboxylic acids is 1.